The Morgan fingerprint density at radius 1 is 1.57 bits per heavy atom. The van der Waals surface area contributed by atoms with Crippen molar-refractivity contribution in [2.24, 2.45) is 12.8 Å². The van der Waals surface area contributed by atoms with E-state index < -0.39 is 0 Å². The highest BCUT2D eigenvalue weighted by Crippen LogP contribution is 2.11. The summed E-state index contributed by atoms with van der Waals surface area (Å²) in [4.78, 5) is 4.22. The minimum absolute atomic E-state index is 0.518. The molecule has 0 saturated carbocycles. The summed E-state index contributed by atoms with van der Waals surface area (Å²) >= 11 is 0. The lowest BCUT2D eigenvalue weighted by molar-refractivity contribution is 0.512. The zero-order valence-corrected chi connectivity index (χ0v) is 8.10. The second-order valence-corrected chi connectivity index (χ2v) is 3.26. The van der Waals surface area contributed by atoms with E-state index in [0.717, 1.165) is 17.1 Å². The van der Waals surface area contributed by atoms with E-state index in [-0.39, 0.29) is 0 Å². The number of nitrogens with two attached hydrogens (primary N) is 1. The van der Waals surface area contributed by atoms with E-state index in [1.807, 2.05) is 23.9 Å². The van der Waals surface area contributed by atoms with Crippen LogP contribution in [0.1, 0.15) is 17.1 Å². The summed E-state index contributed by atoms with van der Waals surface area (Å²) in [5.74, 6) is 1.89. The van der Waals surface area contributed by atoms with Crippen molar-refractivity contribution in [3.05, 3.63) is 41.9 Å². The topological polar surface area (TPSA) is 57.0 Å². The van der Waals surface area contributed by atoms with Crippen LogP contribution in [-0.4, -0.2) is 9.55 Å². The molecule has 0 atom stereocenters. The zero-order valence-electron chi connectivity index (χ0n) is 8.10. The van der Waals surface area contributed by atoms with Gasteiger partial charge >= 0.3 is 0 Å². The van der Waals surface area contributed by atoms with Gasteiger partial charge in [-0.05, 0) is 6.07 Å². The molecule has 0 aliphatic rings. The van der Waals surface area contributed by atoms with Gasteiger partial charge in [-0.25, -0.2) is 4.98 Å². The van der Waals surface area contributed by atoms with Gasteiger partial charge in [0, 0.05) is 31.5 Å². The SMILES string of the molecule is Cn1ccnc1Cc1cc(CN)co1. The summed E-state index contributed by atoms with van der Waals surface area (Å²) in [5, 5.41) is 0. The van der Waals surface area contributed by atoms with Crippen LogP contribution in [-0.2, 0) is 20.0 Å². The third kappa shape index (κ3) is 1.70. The van der Waals surface area contributed by atoms with Crippen molar-refractivity contribution in [1.29, 1.82) is 0 Å². The highest BCUT2D eigenvalue weighted by molar-refractivity contribution is 5.15. The van der Waals surface area contributed by atoms with Crippen molar-refractivity contribution < 1.29 is 4.42 Å². The summed E-state index contributed by atoms with van der Waals surface area (Å²) in [7, 11) is 1.97. The maximum Gasteiger partial charge on any atom is 0.115 e. The van der Waals surface area contributed by atoms with Gasteiger partial charge in [-0.15, -0.1) is 0 Å². The summed E-state index contributed by atoms with van der Waals surface area (Å²) in [6.07, 6.45) is 6.10. The molecule has 0 amide bonds. The molecule has 74 valence electrons. The molecule has 0 unspecified atom stereocenters. The Labute approximate surface area is 82.4 Å². The molecule has 0 spiro atoms. The van der Waals surface area contributed by atoms with Gasteiger partial charge < -0.3 is 14.7 Å². The molecule has 2 heterocycles. The molecule has 0 aliphatic carbocycles. The number of imidazole rings is 1. The highest BCUT2D eigenvalue weighted by Gasteiger charge is 2.05. The smallest absolute Gasteiger partial charge is 0.115 e. The number of rotatable bonds is 3. The van der Waals surface area contributed by atoms with Crippen LogP contribution < -0.4 is 5.73 Å². The molecule has 0 bridgehead atoms. The van der Waals surface area contributed by atoms with Crippen LogP contribution >= 0.6 is 0 Å². The van der Waals surface area contributed by atoms with Crippen LogP contribution in [0.5, 0.6) is 0 Å². The van der Waals surface area contributed by atoms with Gasteiger partial charge in [0.25, 0.3) is 0 Å². The lowest BCUT2D eigenvalue weighted by Crippen LogP contribution is -1.97. The van der Waals surface area contributed by atoms with E-state index in [9.17, 15) is 0 Å². The van der Waals surface area contributed by atoms with Crippen molar-refractivity contribution in [3.63, 3.8) is 0 Å². The predicted molar refractivity (Wildman–Crippen MR) is 52.6 cm³/mol. The Bertz CT molecular complexity index is 416. The van der Waals surface area contributed by atoms with Crippen LogP contribution in [0.4, 0.5) is 0 Å². The molecule has 0 aliphatic heterocycles. The Kier molecular flexibility index (Phi) is 2.37. The first-order valence-corrected chi connectivity index (χ1v) is 4.52. The average Bonchev–Trinajstić information content (AvgIpc) is 2.77. The molecule has 2 aromatic rings. The summed E-state index contributed by atoms with van der Waals surface area (Å²) < 4.78 is 7.33. The van der Waals surface area contributed by atoms with Gasteiger partial charge in [-0.1, -0.05) is 0 Å². The van der Waals surface area contributed by atoms with Crippen LogP contribution in [0.15, 0.2) is 29.1 Å². The minimum atomic E-state index is 0.518. The number of nitrogens with zero attached hydrogens (tertiary/aromatic N) is 2. The monoisotopic (exact) mass is 191 g/mol. The van der Waals surface area contributed by atoms with E-state index >= 15 is 0 Å². The van der Waals surface area contributed by atoms with E-state index in [1.165, 1.54) is 0 Å². The Hall–Kier alpha value is -1.55. The molecule has 2 N–H and O–H groups in total. The van der Waals surface area contributed by atoms with E-state index in [2.05, 4.69) is 4.98 Å². The number of aryl methyl sites for hydroxylation is 1. The fourth-order valence-electron chi connectivity index (χ4n) is 1.35. The maximum absolute atomic E-state index is 5.49. The van der Waals surface area contributed by atoms with Crippen molar-refractivity contribution in [3.8, 4) is 0 Å². The van der Waals surface area contributed by atoms with Crippen LogP contribution in [0.2, 0.25) is 0 Å². The Morgan fingerprint density at radius 2 is 2.43 bits per heavy atom. The molecule has 0 fully saturated rings. The van der Waals surface area contributed by atoms with E-state index in [4.69, 9.17) is 10.2 Å². The number of hydrogen-bond donors (Lipinski definition) is 1. The fraction of sp³-hybridized carbons (Fsp3) is 0.300. The second-order valence-electron chi connectivity index (χ2n) is 3.26. The van der Waals surface area contributed by atoms with Gasteiger partial charge in [0.2, 0.25) is 0 Å². The molecule has 4 nitrogen and oxygen atoms in total. The number of hydrogen-bond acceptors (Lipinski definition) is 3. The van der Waals surface area contributed by atoms with E-state index in [0.29, 0.717) is 13.0 Å². The highest BCUT2D eigenvalue weighted by atomic mass is 16.3. The van der Waals surface area contributed by atoms with Gasteiger partial charge in [0.05, 0.1) is 12.7 Å². The summed E-state index contributed by atoms with van der Waals surface area (Å²) in [6, 6.07) is 1.97. The molecule has 4 heteroatoms. The summed E-state index contributed by atoms with van der Waals surface area (Å²) in [6.45, 7) is 0.518. The third-order valence-corrected chi connectivity index (χ3v) is 2.20. The lowest BCUT2D eigenvalue weighted by atomic mass is 10.2. The first kappa shape index (κ1) is 9.02. The molecule has 2 aromatic heterocycles. The molecular weight excluding hydrogens is 178 g/mol. The Balaban J connectivity index is 2.15. The second kappa shape index (κ2) is 3.67. The average molecular weight is 191 g/mol. The Morgan fingerprint density at radius 3 is 3.00 bits per heavy atom. The molecule has 14 heavy (non-hydrogen) atoms. The van der Waals surface area contributed by atoms with Crippen molar-refractivity contribution in [1.82, 2.24) is 9.55 Å². The van der Waals surface area contributed by atoms with E-state index in [1.54, 1.807) is 12.5 Å². The first-order chi connectivity index (χ1) is 6.79. The fourth-order valence-corrected chi connectivity index (χ4v) is 1.35. The van der Waals surface area contributed by atoms with Crippen molar-refractivity contribution in [2.75, 3.05) is 0 Å². The summed E-state index contributed by atoms with van der Waals surface area (Å²) in [5.41, 5.74) is 6.51. The first-order valence-electron chi connectivity index (χ1n) is 4.52. The molecule has 0 saturated heterocycles. The maximum atomic E-state index is 5.49. The zero-order chi connectivity index (χ0) is 9.97. The van der Waals surface area contributed by atoms with Crippen molar-refractivity contribution >= 4 is 0 Å². The molecular formula is C10H13N3O. The van der Waals surface area contributed by atoms with Crippen molar-refractivity contribution in [2.45, 2.75) is 13.0 Å². The molecule has 0 aromatic carbocycles. The van der Waals surface area contributed by atoms with Crippen LogP contribution in [0, 0.1) is 0 Å². The number of aromatic nitrogens is 2. The van der Waals surface area contributed by atoms with Crippen LogP contribution in [0.3, 0.4) is 0 Å². The number of furan rings is 1. The molecule has 2 rings (SSSR count). The minimum Gasteiger partial charge on any atom is -0.469 e. The van der Waals surface area contributed by atoms with Gasteiger partial charge in [0.15, 0.2) is 0 Å². The van der Waals surface area contributed by atoms with Gasteiger partial charge in [-0.3, -0.25) is 0 Å². The standard InChI is InChI=1S/C10H13N3O/c1-13-3-2-12-10(13)5-9-4-8(6-11)7-14-9/h2-4,7H,5-6,11H2,1H3. The quantitative estimate of drug-likeness (QED) is 0.789. The lowest BCUT2D eigenvalue weighted by Gasteiger charge is -1.97. The molecule has 0 radical (unpaired) electrons. The van der Waals surface area contributed by atoms with Gasteiger partial charge in [-0.2, -0.15) is 0 Å². The third-order valence-electron chi connectivity index (χ3n) is 2.20. The normalized spacial score (nSPS) is 10.7. The van der Waals surface area contributed by atoms with Crippen LogP contribution in [0.25, 0.3) is 0 Å². The largest absolute Gasteiger partial charge is 0.469 e. The van der Waals surface area contributed by atoms with Gasteiger partial charge in [0.1, 0.15) is 11.6 Å². The predicted octanol–water partition coefficient (Wildman–Crippen LogP) is 1.06.